The van der Waals surface area contributed by atoms with Crippen LogP contribution >= 0.6 is 0 Å². The van der Waals surface area contributed by atoms with Crippen LogP contribution in [-0.2, 0) is 11.2 Å². The van der Waals surface area contributed by atoms with E-state index in [0.717, 1.165) is 17.9 Å². The molecule has 3 nitrogen and oxygen atoms in total. The van der Waals surface area contributed by atoms with Crippen molar-refractivity contribution in [2.45, 2.75) is 32.6 Å². The highest BCUT2D eigenvalue weighted by Gasteiger charge is 2.04. The number of nitrogens with one attached hydrogen (secondary N) is 1. The monoisotopic (exact) mass is 297 g/mol. The highest BCUT2D eigenvalue weighted by Crippen LogP contribution is 2.17. The molecule has 3 heteroatoms. The van der Waals surface area contributed by atoms with E-state index in [4.69, 9.17) is 4.74 Å². The number of hydrogen-bond donors (Lipinski definition) is 1. The predicted octanol–water partition coefficient (Wildman–Crippen LogP) is 4.39. The van der Waals surface area contributed by atoms with E-state index in [1.807, 2.05) is 24.3 Å². The van der Waals surface area contributed by atoms with Crippen molar-refractivity contribution in [2.24, 2.45) is 0 Å². The Kier molecular flexibility index (Phi) is 5.59. The maximum atomic E-state index is 12.0. The van der Waals surface area contributed by atoms with Gasteiger partial charge in [-0.05, 0) is 47.7 Å². The second-order valence-electron chi connectivity index (χ2n) is 5.67. The Morgan fingerprint density at radius 2 is 1.68 bits per heavy atom. The van der Waals surface area contributed by atoms with Gasteiger partial charge >= 0.3 is 0 Å². The first kappa shape index (κ1) is 16.1. The molecule has 0 saturated heterocycles. The van der Waals surface area contributed by atoms with Crippen molar-refractivity contribution in [3.8, 4) is 5.75 Å². The summed E-state index contributed by atoms with van der Waals surface area (Å²) in [7, 11) is 1.62. The van der Waals surface area contributed by atoms with Gasteiger partial charge in [-0.2, -0.15) is 0 Å². The summed E-state index contributed by atoms with van der Waals surface area (Å²) >= 11 is 0. The van der Waals surface area contributed by atoms with Crippen LogP contribution in [0, 0.1) is 0 Å². The number of amides is 1. The number of hydrogen-bond acceptors (Lipinski definition) is 2. The van der Waals surface area contributed by atoms with E-state index in [-0.39, 0.29) is 5.91 Å². The van der Waals surface area contributed by atoms with Crippen LogP contribution in [0.15, 0.2) is 48.5 Å². The number of benzene rings is 2. The molecule has 0 aliphatic rings. The molecule has 0 atom stereocenters. The van der Waals surface area contributed by atoms with E-state index >= 15 is 0 Å². The number of aryl methyl sites for hydroxylation is 1. The Labute approximate surface area is 132 Å². The van der Waals surface area contributed by atoms with Crippen molar-refractivity contribution < 1.29 is 9.53 Å². The number of anilines is 1. The van der Waals surface area contributed by atoms with Crippen molar-refractivity contribution in [1.29, 1.82) is 0 Å². The number of methoxy groups -OCH3 is 1. The van der Waals surface area contributed by atoms with Gasteiger partial charge in [-0.3, -0.25) is 4.79 Å². The van der Waals surface area contributed by atoms with E-state index < -0.39 is 0 Å². The van der Waals surface area contributed by atoms with Crippen molar-refractivity contribution in [1.82, 2.24) is 0 Å². The summed E-state index contributed by atoms with van der Waals surface area (Å²) in [4.78, 5) is 12.0. The summed E-state index contributed by atoms with van der Waals surface area (Å²) in [6, 6.07) is 15.8. The molecule has 1 N–H and O–H groups in total. The van der Waals surface area contributed by atoms with E-state index in [1.54, 1.807) is 7.11 Å². The standard InChI is InChI=1S/C19H23NO2/c1-14(2)16-7-4-15(5-8-16)6-13-19(21)20-17-9-11-18(22-3)12-10-17/h4-5,7-12,14H,6,13H2,1-3H3,(H,20,21). The summed E-state index contributed by atoms with van der Waals surface area (Å²) in [5.41, 5.74) is 3.31. The lowest BCUT2D eigenvalue weighted by molar-refractivity contribution is -0.116. The van der Waals surface area contributed by atoms with Gasteiger partial charge in [-0.1, -0.05) is 38.1 Å². The Balaban J connectivity index is 1.84. The lowest BCUT2D eigenvalue weighted by Crippen LogP contribution is -2.12. The van der Waals surface area contributed by atoms with Gasteiger partial charge in [0.15, 0.2) is 0 Å². The molecule has 0 aromatic heterocycles. The Hall–Kier alpha value is -2.29. The molecule has 0 unspecified atom stereocenters. The van der Waals surface area contributed by atoms with Gasteiger partial charge in [0.1, 0.15) is 5.75 Å². The fourth-order valence-electron chi connectivity index (χ4n) is 2.22. The van der Waals surface area contributed by atoms with E-state index in [2.05, 4.69) is 43.4 Å². The summed E-state index contributed by atoms with van der Waals surface area (Å²) in [5, 5.41) is 2.90. The third-order valence-electron chi connectivity index (χ3n) is 3.66. The van der Waals surface area contributed by atoms with Gasteiger partial charge in [0.05, 0.1) is 7.11 Å². The molecule has 22 heavy (non-hydrogen) atoms. The first-order valence-corrected chi connectivity index (χ1v) is 7.61. The van der Waals surface area contributed by atoms with Gasteiger partial charge < -0.3 is 10.1 Å². The largest absolute Gasteiger partial charge is 0.497 e. The molecule has 0 aliphatic carbocycles. The Morgan fingerprint density at radius 3 is 2.23 bits per heavy atom. The smallest absolute Gasteiger partial charge is 0.224 e. The quantitative estimate of drug-likeness (QED) is 0.858. The minimum atomic E-state index is 0.0260. The van der Waals surface area contributed by atoms with Crippen LogP contribution in [0.1, 0.15) is 37.3 Å². The third kappa shape index (κ3) is 4.62. The molecule has 2 rings (SSSR count). The second kappa shape index (κ2) is 7.64. The molecular formula is C19H23NO2. The van der Waals surface area contributed by atoms with Gasteiger partial charge in [0.2, 0.25) is 5.91 Å². The first-order chi connectivity index (χ1) is 10.6. The molecule has 0 saturated carbocycles. The molecule has 0 heterocycles. The minimum Gasteiger partial charge on any atom is -0.497 e. The van der Waals surface area contributed by atoms with Crippen molar-refractivity contribution in [3.05, 3.63) is 59.7 Å². The zero-order valence-electron chi connectivity index (χ0n) is 13.4. The fourth-order valence-corrected chi connectivity index (χ4v) is 2.22. The van der Waals surface area contributed by atoms with Crippen LogP contribution < -0.4 is 10.1 Å². The maximum absolute atomic E-state index is 12.0. The average molecular weight is 297 g/mol. The topological polar surface area (TPSA) is 38.3 Å². The van der Waals surface area contributed by atoms with E-state index in [9.17, 15) is 4.79 Å². The summed E-state index contributed by atoms with van der Waals surface area (Å²) in [6.45, 7) is 4.36. The molecule has 1 amide bonds. The second-order valence-corrected chi connectivity index (χ2v) is 5.67. The molecule has 0 fully saturated rings. The molecule has 2 aromatic carbocycles. The third-order valence-corrected chi connectivity index (χ3v) is 3.66. The molecule has 0 aliphatic heterocycles. The highest BCUT2D eigenvalue weighted by molar-refractivity contribution is 5.90. The normalized spacial score (nSPS) is 10.5. The fraction of sp³-hybridized carbons (Fsp3) is 0.316. The van der Waals surface area contributed by atoms with Gasteiger partial charge in [0.25, 0.3) is 0 Å². The van der Waals surface area contributed by atoms with Crippen LogP contribution in [0.4, 0.5) is 5.69 Å². The average Bonchev–Trinajstić information content (AvgIpc) is 2.54. The number of ether oxygens (including phenoxy) is 1. The summed E-state index contributed by atoms with van der Waals surface area (Å²) in [5.74, 6) is 1.34. The van der Waals surface area contributed by atoms with E-state index in [1.165, 1.54) is 11.1 Å². The molecule has 116 valence electrons. The summed E-state index contributed by atoms with van der Waals surface area (Å²) < 4.78 is 5.09. The van der Waals surface area contributed by atoms with Crippen LogP contribution in [0.5, 0.6) is 5.75 Å². The van der Waals surface area contributed by atoms with Crippen molar-refractivity contribution in [2.75, 3.05) is 12.4 Å². The molecule has 2 aromatic rings. The van der Waals surface area contributed by atoms with Crippen LogP contribution in [0.2, 0.25) is 0 Å². The van der Waals surface area contributed by atoms with Crippen LogP contribution in [0.25, 0.3) is 0 Å². The Bertz CT molecular complexity index is 600. The number of carbonyl (C=O) groups is 1. The lowest BCUT2D eigenvalue weighted by Gasteiger charge is -2.08. The number of carbonyl (C=O) groups excluding carboxylic acids is 1. The van der Waals surface area contributed by atoms with Gasteiger partial charge in [0, 0.05) is 12.1 Å². The van der Waals surface area contributed by atoms with Crippen molar-refractivity contribution >= 4 is 11.6 Å². The molecule has 0 spiro atoms. The van der Waals surface area contributed by atoms with E-state index in [0.29, 0.717) is 12.3 Å². The predicted molar refractivity (Wildman–Crippen MR) is 90.5 cm³/mol. The zero-order chi connectivity index (χ0) is 15.9. The van der Waals surface area contributed by atoms with Crippen LogP contribution in [-0.4, -0.2) is 13.0 Å². The zero-order valence-corrected chi connectivity index (χ0v) is 13.4. The Morgan fingerprint density at radius 1 is 1.05 bits per heavy atom. The van der Waals surface area contributed by atoms with Crippen LogP contribution in [0.3, 0.4) is 0 Å². The first-order valence-electron chi connectivity index (χ1n) is 7.61. The van der Waals surface area contributed by atoms with Gasteiger partial charge in [-0.15, -0.1) is 0 Å². The number of rotatable bonds is 6. The molecular weight excluding hydrogens is 274 g/mol. The minimum absolute atomic E-state index is 0.0260. The maximum Gasteiger partial charge on any atom is 0.224 e. The molecule has 0 bridgehead atoms. The highest BCUT2D eigenvalue weighted by atomic mass is 16.5. The van der Waals surface area contributed by atoms with Gasteiger partial charge in [-0.25, -0.2) is 0 Å². The lowest BCUT2D eigenvalue weighted by atomic mass is 10.0. The SMILES string of the molecule is COc1ccc(NC(=O)CCc2ccc(C(C)C)cc2)cc1. The van der Waals surface area contributed by atoms with Crippen molar-refractivity contribution in [3.63, 3.8) is 0 Å². The summed E-state index contributed by atoms with van der Waals surface area (Å²) in [6.07, 6.45) is 1.23. The molecule has 0 radical (unpaired) electrons.